The lowest BCUT2D eigenvalue weighted by molar-refractivity contribution is -0.123. The highest BCUT2D eigenvalue weighted by atomic mass is 32.1. The summed E-state index contributed by atoms with van der Waals surface area (Å²) < 4.78 is 10.4. The molecular weight excluding hydrogens is 478 g/mol. The molecule has 36 heavy (non-hydrogen) atoms. The van der Waals surface area contributed by atoms with Gasteiger partial charge in [0.25, 0.3) is 5.91 Å². The van der Waals surface area contributed by atoms with E-state index in [9.17, 15) is 14.4 Å². The number of aromatic amines is 1. The molecule has 0 spiro atoms. The minimum atomic E-state index is -1.07. The zero-order chi connectivity index (χ0) is 25.2. The molecule has 2 heterocycles. The summed E-state index contributed by atoms with van der Waals surface area (Å²) in [7, 11) is 1.32. The third kappa shape index (κ3) is 4.61. The van der Waals surface area contributed by atoms with Crippen molar-refractivity contribution in [1.82, 2.24) is 9.97 Å². The number of H-pyrrole nitrogens is 1. The predicted molar refractivity (Wildman–Crippen MR) is 137 cm³/mol. The average molecular weight is 504 g/mol. The Labute approximate surface area is 211 Å². The van der Waals surface area contributed by atoms with Crippen molar-refractivity contribution in [2.24, 2.45) is 0 Å². The van der Waals surface area contributed by atoms with Crippen molar-refractivity contribution in [3.63, 3.8) is 0 Å². The second-order valence-electron chi connectivity index (χ2n) is 8.63. The van der Waals surface area contributed by atoms with E-state index < -0.39 is 23.9 Å². The lowest BCUT2D eigenvalue weighted by Crippen LogP contribution is -2.30. The molecule has 0 bridgehead atoms. The maximum absolute atomic E-state index is 12.9. The second kappa shape index (κ2) is 9.94. The molecule has 1 aliphatic rings. The van der Waals surface area contributed by atoms with Gasteiger partial charge in [-0.2, -0.15) is 0 Å². The van der Waals surface area contributed by atoms with E-state index in [1.807, 2.05) is 30.3 Å². The molecular formula is C27H25N3O5S. The van der Waals surface area contributed by atoms with Gasteiger partial charge < -0.3 is 19.8 Å². The number of nitrogens with one attached hydrogen (secondary N) is 2. The van der Waals surface area contributed by atoms with Crippen LogP contribution in [0.15, 0.2) is 48.5 Å². The number of hydrogen-bond donors (Lipinski definition) is 2. The van der Waals surface area contributed by atoms with Crippen molar-refractivity contribution in [1.29, 1.82) is 0 Å². The Bertz CT molecular complexity index is 1460. The first-order valence-corrected chi connectivity index (χ1v) is 12.6. The van der Waals surface area contributed by atoms with E-state index >= 15 is 0 Å². The molecule has 1 amide bonds. The number of hydrogen-bond acceptors (Lipinski definition) is 7. The fourth-order valence-electron chi connectivity index (χ4n) is 4.34. The van der Waals surface area contributed by atoms with Crippen LogP contribution in [0.3, 0.4) is 0 Å². The van der Waals surface area contributed by atoms with Gasteiger partial charge in [-0.15, -0.1) is 11.3 Å². The number of esters is 2. The quantitative estimate of drug-likeness (QED) is 0.353. The molecule has 0 saturated heterocycles. The van der Waals surface area contributed by atoms with Crippen LogP contribution >= 0.6 is 11.3 Å². The number of anilines is 1. The van der Waals surface area contributed by atoms with E-state index in [0.717, 1.165) is 41.7 Å². The zero-order valence-electron chi connectivity index (χ0n) is 19.9. The molecule has 2 aromatic heterocycles. The Morgan fingerprint density at radius 2 is 1.83 bits per heavy atom. The van der Waals surface area contributed by atoms with Crippen molar-refractivity contribution in [3.05, 3.63) is 70.1 Å². The smallest absolute Gasteiger partial charge is 0.341 e. The Kier molecular flexibility index (Phi) is 6.56. The highest BCUT2D eigenvalue weighted by Gasteiger charge is 2.28. The van der Waals surface area contributed by atoms with Crippen LogP contribution in [0.2, 0.25) is 0 Å². The minimum absolute atomic E-state index is 0.298. The number of carbonyl (C=O) groups excluding carboxylic acids is 3. The van der Waals surface area contributed by atoms with Crippen LogP contribution in [-0.4, -0.2) is 41.0 Å². The second-order valence-corrected chi connectivity index (χ2v) is 9.73. The lowest BCUT2D eigenvalue weighted by atomic mass is 9.95. The highest BCUT2D eigenvalue weighted by Crippen LogP contribution is 2.38. The first-order valence-electron chi connectivity index (χ1n) is 11.7. The largest absolute Gasteiger partial charge is 0.465 e. The number of carbonyl (C=O) groups is 3. The Morgan fingerprint density at radius 1 is 1.06 bits per heavy atom. The van der Waals surface area contributed by atoms with Gasteiger partial charge in [0.2, 0.25) is 0 Å². The molecule has 0 saturated carbocycles. The molecule has 1 aliphatic carbocycles. The van der Waals surface area contributed by atoms with Crippen LogP contribution in [0, 0.1) is 0 Å². The predicted octanol–water partition coefficient (Wildman–Crippen LogP) is 5.14. The molecule has 1 unspecified atom stereocenters. The van der Waals surface area contributed by atoms with E-state index in [4.69, 9.17) is 9.47 Å². The molecule has 8 nitrogen and oxygen atoms in total. The summed E-state index contributed by atoms with van der Waals surface area (Å²) in [6.45, 7) is 1.50. The van der Waals surface area contributed by atoms with Crippen LogP contribution in [-0.2, 0) is 27.1 Å². The summed E-state index contributed by atoms with van der Waals surface area (Å²) in [4.78, 5) is 47.0. The summed E-state index contributed by atoms with van der Waals surface area (Å²) in [5.41, 5.74) is 3.99. The van der Waals surface area contributed by atoms with Gasteiger partial charge in [0.05, 0.1) is 29.3 Å². The number of imidazole rings is 1. The monoisotopic (exact) mass is 503 g/mol. The van der Waals surface area contributed by atoms with E-state index in [-0.39, 0.29) is 0 Å². The summed E-state index contributed by atoms with van der Waals surface area (Å²) in [6, 6.07) is 14.7. The van der Waals surface area contributed by atoms with E-state index in [0.29, 0.717) is 33.0 Å². The van der Waals surface area contributed by atoms with Crippen LogP contribution < -0.4 is 5.32 Å². The Morgan fingerprint density at radius 3 is 2.61 bits per heavy atom. The normalized spacial score (nSPS) is 13.6. The first-order chi connectivity index (χ1) is 17.4. The summed E-state index contributed by atoms with van der Waals surface area (Å²) in [5.74, 6) is -0.920. The molecule has 184 valence electrons. The molecule has 0 fully saturated rings. The van der Waals surface area contributed by atoms with Gasteiger partial charge >= 0.3 is 11.9 Å². The highest BCUT2D eigenvalue weighted by molar-refractivity contribution is 7.17. The van der Waals surface area contributed by atoms with Crippen LogP contribution in [0.5, 0.6) is 0 Å². The van der Waals surface area contributed by atoms with E-state index in [1.165, 1.54) is 25.4 Å². The van der Waals surface area contributed by atoms with Gasteiger partial charge in [-0.3, -0.25) is 4.79 Å². The van der Waals surface area contributed by atoms with Crippen molar-refractivity contribution >= 4 is 45.2 Å². The van der Waals surface area contributed by atoms with Crippen molar-refractivity contribution in [3.8, 4) is 11.4 Å². The number of thiophene rings is 1. The maximum Gasteiger partial charge on any atom is 0.341 e. The fraction of sp³-hybridized carbons (Fsp3) is 0.259. The third-order valence-electron chi connectivity index (χ3n) is 6.22. The van der Waals surface area contributed by atoms with E-state index in [1.54, 1.807) is 18.2 Å². The van der Waals surface area contributed by atoms with Gasteiger partial charge in [0.15, 0.2) is 6.10 Å². The van der Waals surface area contributed by atoms with Gasteiger partial charge in [-0.1, -0.05) is 30.3 Å². The van der Waals surface area contributed by atoms with Crippen LogP contribution in [0.25, 0.3) is 22.4 Å². The molecule has 2 aromatic carbocycles. The van der Waals surface area contributed by atoms with E-state index in [2.05, 4.69) is 15.3 Å². The maximum atomic E-state index is 12.9. The standard InChI is InChI=1S/C27H25N3O5S/c1-15(24(31)30-25-22(27(33)34-2)18-10-6-7-11-21(18)36-25)35-26(32)17-12-13-19-20(14-17)29-23(28-19)16-8-4-3-5-9-16/h3-5,8-9,12-15H,6-7,10-11H2,1-2H3,(H,28,29)(H,30,31). The number of aromatic nitrogens is 2. The Hall–Kier alpha value is -3.98. The number of rotatable bonds is 6. The van der Waals surface area contributed by atoms with Gasteiger partial charge in [0, 0.05) is 10.4 Å². The molecule has 5 rings (SSSR count). The van der Waals surface area contributed by atoms with Gasteiger partial charge in [-0.25, -0.2) is 14.6 Å². The minimum Gasteiger partial charge on any atom is -0.465 e. The third-order valence-corrected chi connectivity index (χ3v) is 7.42. The molecule has 9 heteroatoms. The number of nitrogens with zero attached hydrogens (tertiary/aromatic N) is 1. The van der Waals surface area contributed by atoms with Gasteiger partial charge in [0.1, 0.15) is 10.8 Å². The number of amides is 1. The summed E-state index contributed by atoms with van der Waals surface area (Å²) >= 11 is 1.38. The first kappa shape index (κ1) is 23.7. The lowest BCUT2D eigenvalue weighted by Gasteiger charge is -2.14. The van der Waals surface area contributed by atoms with Crippen molar-refractivity contribution in [2.45, 2.75) is 38.7 Å². The molecule has 0 radical (unpaired) electrons. The summed E-state index contributed by atoms with van der Waals surface area (Å²) in [5, 5.41) is 3.21. The number of benzene rings is 2. The van der Waals surface area contributed by atoms with Crippen LogP contribution in [0.1, 0.15) is 50.9 Å². The number of ether oxygens (including phenoxy) is 2. The fourth-order valence-corrected chi connectivity index (χ4v) is 5.62. The molecule has 0 aliphatic heterocycles. The molecule has 1 atom stereocenters. The SMILES string of the molecule is COC(=O)c1c(NC(=O)C(C)OC(=O)c2ccc3nc(-c4ccccc4)[nH]c3c2)sc2c1CCCC2. The zero-order valence-corrected chi connectivity index (χ0v) is 20.7. The number of aryl methyl sites for hydroxylation is 1. The molecule has 4 aromatic rings. The number of methoxy groups -OCH3 is 1. The van der Waals surface area contributed by atoms with Crippen LogP contribution in [0.4, 0.5) is 5.00 Å². The topological polar surface area (TPSA) is 110 Å². The number of fused-ring (bicyclic) bond motifs is 2. The van der Waals surface area contributed by atoms with Gasteiger partial charge in [-0.05, 0) is 56.4 Å². The summed E-state index contributed by atoms with van der Waals surface area (Å²) in [6.07, 6.45) is 2.61. The average Bonchev–Trinajstić information content (AvgIpc) is 3.49. The Balaban J connectivity index is 1.30. The molecule has 2 N–H and O–H groups in total. The van der Waals surface area contributed by atoms with Crippen molar-refractivity contribution in [2.75, 3.05) is 12.4 Å². The van der Waals surface area contributed by atoms with Crippen molar-refractivity contribution < 1.29 is 23.9 Å².